The molecule has 13 heteroatoms. The molecule has 0 spiro atoms. The summed E-state index contributed by atoms with van der Waals surface area (Å²) in [5.74, 6) is -2.52. The van der Waals surface area contributed by atoms with Crippen molar-refractivity contribution in [1.82, 2.24) is 0 Å². The molecule has 2 aliphatic heterocycles. The topological polar surface area (TPSA) is 130 Å². The molecular weight excluding hydrogens is 553 g/mol. The third-order valence-corrected chi connectivity index (χ3v) is 7.45. The van der Waals surface area contributed by atoms with Crippen molar-refractivity contribution in [3.63, 3.8) is 0 Å². The minimum Gasteiger partial charge on any atom is -0.457 e. The first-order valence-corrected chi connectivity index (χ1v) is 13.3. The molecule has 0 aromatic carbocycles. The zero-order valence-corrected chi connectivity index (χ0v) is 24.3. The maximum Gasteiger partial charge on any atom is 0.306 e. The van der Waals surface area contributed by atoms with Crippen LogP contribution in [0.25, 0.3) is 0 Å². The number of carbonyl (C=O) groups is 3. The number of halogens is 3. The molecule has 5 unspecified atom stereocenters. The van der Waals surface area contributed by atoms with Crippen LogP contribution in [0.5, 0.6) is 0 Å². The predicted octanol–water partition coefficient (Wildman–Crippen LogP) is 4.35. The molecule has 0 bridgehead atoms. The van der Waals surface area contributed by atoms with Crippen LogP contribution in [-0.4, -0.2) is 70.5 Å². The number of nitrogens with one attached hydrogen (secondary N) is 1. The van der Waals surface area contributed by atoms with Crippen molar-refractivity contribution in [2.45, 2.75) is 108 Å². The van der Waals surface area contributed by atoms with E-state index in [-0.39, 0.29) is 42.5 Å². The van der Waals surface area contributed by atoms with E-state index in [9.17, 15) is 14.4 Å². The van der Waals surface area contributed by atoms with Gasteiger partial charge in [-0.25, -0.2) is 0 Å². The second kappa shape index (κ2) is 13.3. The first kappa shape index (κ1) is 32.0. The Balaban J connectivity index is 2.35. The van der Waals surface area contributed by atoms with Gasteiger partial charge in [0, 0.05) is 25.2 Å². The molecule has 2 heterocycles. The summed E-state index contributed by atoms with van der Waals surface area (Å²) in [4.78, 5) is 35.9. The van der Waals surface area contributed by atoms with Crippen LogP contribution in [0, 0.1) is 23.2 Å². The van der Waals surface area contributed by atoms with Crippen molar-refractivity contribution in [2.75, 3.05) is 0 Å². The quantitative estimate of drug-likeness (QED) is 0.190. The summed E-state index contributed by atoms with van der Waals surface area (Å²) in [5.41, 5.74) is 0. The predicted molar refractivity (Wildman–Crippen MR) is 135 cm³/mol. The lowest BCUT2D eigenvalue weighted by atomic mass is 9.83. The molecule has 2 fully saturated rings. The molecule has 2 saturated heterocycles. The highest BCUT2D eigenvalue weighted by Gasteiger charge is 2.52. The Kier molecular flexibility index (Phi) is 11.5. The van der Waals surface area contributed by atoms with Crippen molar-refractivity contribution in [2.24, 2.45) is 17.8 Å². The average Bonchev–Trinajstić information content (AvgIpc) is 2.78. The molecule has 10 atom stereocenters. The van der Waals surface area contributed by atoms with Gasteiger partial charge in [-0.05, 0) is 26.7 Å². The fourth-order valence-electron chi connectivity index (χ4n) is 4.23. The number of ether oxygens (including phenoxy) is 6. The number of carbonyl (C=O) groups excluding carboxylic acids is 3. The third kappa shape index (κ3) is 8.66. The van der Waals surface area contributed by atoms with E-state index in [4.69, 9.17) is 68.6 Å². The first-order chi connectivity index (χ1) is 17.0. The van der Waals surface area contributed by atoms with Crippen LogP contribution < -0.4 is 0 Å². The second-order valence-corrected chi connectivity index (χ2v) is 12.1. The number of Topliss-reactive ketones (excluding diaryl/α,β-unsaturated/α-hetero) is 1. The molecule has 2 rings (SSSR count). The van der Waals surface area contributed by atoms with Gasteiger partial charge in [-0.2, -0.15) is 0 Å². The monoisotopic (exact) mass is 587 g/mol. The van der Waals surface area contributed by atoms with Crippen LogP contribution in [0.3, 0.4) is 0 Å². The van der Waals surface area contributed by atoms with E-state index in [0.29, 0.717) is 0 Å². The van der Waals surface area contributed by atoms with E-state index >= 15 is 0 Å². The van der Waals surface area contributed by atoms with Crippen molar-refractivity contribution in [3.8, 4) is 0 Å². The summed E-state index contributed by atoms with van der Waals surface area (Å²) < 4.78 is 32.9. The number of hydrogen-bond acceptors (Lipinski definition) is 10. The van der Waals surface area contributed by atoms with Gasteiger partial charge in [-0.3, -0.25) is 15.0 Å². The Morgan fingerprint density at radius 3 is 1.86 bits per heavy atom. The Labute approximate surface area is 232 Å². The van der Waals surface area contributed by atoms with E-state index < -0.39 is 58.6 Å². The number of rotatable bonds is 8. The van der Waals surface area contributed by atoms with E-state index in [1.165, 1.54) is 13.8 Å². The summed E-state index contributed by atoms with van der Waals surface area (Å²) in [6.45, 7) is 12.0. The summed E-state index contributed by atoms with van der Waals surface area (Å²) in [6, 6.07) is 0. The molecule has 2 aliphatic rings. The largest absolute Gasteiger partial charge is 0.457 e. The molecule has 212 valence electrons. The van der Waals surface area contributed by atoms with Gasteiger partial charge in [0.05, 0.1) is 18.6 Å². The molecule has 1 N–H and O–H groups in total. The molecule has 0 radical (unpaired) electrons. The summed E-state index contributed by atoms with van der Waals surface area (Å²) in [7, 11) is 0. The van der Waals surface area contributed by atoms with Gasteiger partial charge >= 0.3 is 11.9 Å². The van der Waals surface area contributed by atoms with Gasteiger partial charge in [-0.1, -0.05) is 55.6 Å². The Morgan fingerprint density at radius 1 is 0.757 bits per heavy atom. The molecule has 0 aromatic rings. The summed E-state index contributed by atoms with van der Waals surface area (Å²) in [5, 5.41) is 7.95. The SMILES string of the molecule is CC(=O)CCC(=O)OC1[C@H](O[C@@H]2C(OC(C)=O)C(OC(=N)C(Cl)(Cl)Cl)OC(C)[C@@H]2C)OC(C)[C@H](C)[C@@H]1C. The highest BCUT2D eigenvalue weighted by molar-refractivity contribution is 6.76. The molecule has 37 heavy (non-hydrogen) atoms. The highest BCUT2D eigenvalue weighted by atomic mass is 35.6. The minimum atomic E-state index is -2.17. The van der Waals surface area contributed by atoms with E-state index in [0.717, 1.165) is 0 Å². The van der Waals surface area contributed by atoms with Crippen molar-refractivity contribution in [3.05, 3.63) is 0 Å². The first-order valence-electron chi connectivity index (χ1n) is 12.2. The zero-order valence-electron chi connectivity index (χ0n) is 22.0. The maximum atomic E-state index is 12.5. The summed E-state index contributed by atoms with van der Waals surface area (Å²) >= 11 is 17.3. The van der Waals surface area contributed by atoms with Gasteiger partial charge in [0.2, 0.25) is 12.2 Å². The maximum absolute atomic E-state index is 12.5. The fourth-order valence-corrected chi connectivity index (χ4v) is 4.36. The normalized spacial score (nSPS) is 36.4. The molecule has 10 nitrogen and oxygen atoms in total. The van der Waals surface area contributed by atoms with E-state index in [1.807, 2.05) is 27.7 Å². The smallest absolute Gasteiger partial charge is 0.306 e. The minimum absolute atomic E-state index is 0.0293. The van der Waals surface area contributed by atoms with Gasteiger partial charge in [0.1, 0.15) is 11.9 Å². The fraction of sp³-hybridized carbons (Fsp3) is 0.833. The lowest BCUT2D eigenvalue weighted by molar-refractivity contribution is -0.332. The number of hydrogen-bond donors (Lipinski definition) is 1. The van der Waals surface area contributed by atoms with Crippen molar-refractivity contribution in [1.29, 1.82) is 5.41 Å². The Bertz CT molecular complexity index is 852. The van der Waals surface area contributed by atoms with Crippen molar-refractivity contribution >= 4 is 58.4 Å². The van der Waals surface area contributed by atoms with Gasteiger partial charge in [0.15, 0.2) is 18.5 Å². The standard InChI is InChI=1S/C24H36Cl3NO9/c1-10(29)8-9-17(31)35-19-12(3)11(2)14(5)32-21(19)36-18-13(4)15(6)33-22(20(18)34-16(7)30)37-23(28)24(25,26)27/h11-15,18-22,28H,8-9H2,1-7H3/t11-,12+,13+,14?,15?,18+,19?,20?,21+,22?/m1/s1. The van der Waals surface area contributed by atoms with Crippen LogP contribution in [0.15, 0.2) is 0 Å². The van der Waals surface area contributed by atoms with Gasteiger partial charge in [-0.15, -0.1) is 0 Å². The number of ketones is 1. The van der Waals surface area contributed by atoms with Crippen LogP contribution in [0.4, 0.5) is 0 Å². The molecule has 0 aliphatic carbocycles. The second-order valence-electron chi connectivity index (χ2n) is 9.77. The zero-order chi connectivity index (χ0) is 28.2. The lowest BCUT2D eigenvalue weighted by Crippen LogP contribution is -2.60. The van der Waals surface area contributed by atoms with E-state index in [2.05, 4.69) is 0 Å². The number of esters is 2. The van der Waals surface area contributed by atoms with Crippen LogP contribution in [-0.2, 0) is 42.8 Å². The van der Waals surface area contributed by atoms with Crippen LogP contribution in [0.2, 0.25) is 0 Å². The Morgan fingerprint density at radius 2 is 1.32 bits per heavy atom. The average molecular weight is 589 g/mol. The van der Waals surface area contributed by atoms with Crippen molar-refractivity contribution < 1.29 is 42.8 Å². The molecular formula is C24H36Cl3NO9. The lowest BCUT2D eigenvalue weighted by Gasteiger charge is -2.48. The highest BCUT2D eigenvalue weighted by Crippen LogP contribution is 2.38. The Hall–Kier alpha value is -1.17. The van der Waals surface area contributed by atoms with Gasteiger partial charge < -0.3 is 33.2 Å². The molecule has 0 saturated carbocycles. The van der Waals surface area contributed by atoms with Crippen LogP contribution in [0.1, 0.15) is 61.3 Å². The molecule has 0 amide bonds. The molecule has 0 aromatic heterocycles. The van der Waals surface area contributed by atoms with Crippen LogP contribution >= 0.6 is 34.8 Å². The summed E-state index contributed by atoms with van der Waals surface area (Å²) in [6.07, 6.45) is -5.90. The number of alkyl halides is 3. The van der Waals surface area contributed by atoms with E-state index in [1.54, 1.807) is 6.92 Å². The van der Waals surface area contributed by atoms with Gasteiger partial charge in [0.25, 0.3) is 3.79 Å². The third-order valence-electron chi connectivity index (χ3n) is 6.94.